The smallest absolute Gasteiger partial charge is 0.296 e. The van der Waals surface area contributed by atoms with Gasteiger partial charge in [-0.05, 0) is 71.3 Å². The van der Waals surface area contributed by atoms with Crippen LogP contribution in [0.15, 0.2) is 100 Å². The van der Waals surface area contributed by atoms with E-state index >= 15 is 0 Å². The third-order valence-electron chi connectivity index (χ3n) is 7.87. The number of hydrogen-bond donors (Lipinski definition) is 5. The van der Waals surface area contributed by atoms with Crippen LogP contribution in [0.25, 0.3) is 22.1 Å². The fourth-order valence-electron chi connectivity index (χ4n) is 5.42. The number of rotatable bonds is 9. The number of Topliss-reactive ketones (excluding diaryl/α,β-unsaturated/α-hetero) is 2. The first kappa shape index (κ1) is 34.7. The number of anilines is 3. The van der Waals surface area contributed by atoms with Gasteiger partial charge >= 0.3 is 0 Å². The van der Waals surface area contributed by atoms with Gasteiger partial charge in [-0.15, -0.1) is 0 Å². The van der Waals surface area contributed by atoms with Crippen molar-refractivity contribution in [2.75, 3.05) is 30.8 Å². The molecule has 0 bridgehead atoms. The summed E-state index contributed by atoms with van der Waals surface area (Å²) in [5.41, 5.74) is 13.0. The molecule has 4 aromatic rings. The number of methoxy groups -OCH3 is 2. The van der Waals surface area contributed by atoms with E-state index in [1.165, 1.54) is 44.6 Å². The normalized spacial score (nSPS) is 15.8. The molecule has 2 aliphatic carbocycles. The first-order valence-corrected chi connectivity index (χ1v) is 17.6. The third-order valence-corrected chi connectivity index (χ3v) is 9.63. The van der Waals surface area contributed by atoms with Crippen LogP contribution in [0, 0.1) is 0 Å². The Balaban J connectivity index is 1.27. The van der Waals surface area contributed by atoms with Gasteiger partial charge in [0.2, 0.25) is 11.6 Å². The van der Waals surface area contributed by atoms with Crippen LogP contribution in [0.2, 0.25) is 0 Å². The summed E-state index contributed by atoms with van der Waals surface area (Å²) >= 11 is 0. The van der Waals surface area contributed by atoms with Crippen LogP contribution in [-0.4, -0.2) is 63.2 Å². The van der Waals surface area contributed by atoms with Crippen molar-refractivity contribution in [3.63, 3.8) is 0 Å². The lowest BCUT2D eigenvalue weighted by Gasteiger charge is -2.17. The number of benzene rings is 4. The van der Waals surface area contributed by atoms with Gasteiger partial charge in [0, 0.05) is 22.4 Å². The van der Waals surface area contributed by atoms with Gasteiger partial charge in [0.25, 0.3) is 20.2 Å². The summed E-state index contributed by atoms with van der Waals surface area (Å²) in [6.07, 6.45) is 2.10. The number of hydrazone groups is 2. The average molecular weight is 730 g/mol. The van der Waals surface area contributed by atoms with Crippen molar-refractivity contribution in [3.05, 3.63) is 112 Å². The predicted octanol–water partition coefficient (Wildman–Crippen LogP) is 4.74. The molecule has 0 spiro atoms. The first-order chi connectivity index (χ1) is 24.2. The van der Waals surface area contributed by atoms with Crippen molar-refractivity contribution in [2.24, 2.45) is 10.2 Å². The molecule has 0 saturated carbocycles. The maximum absolute atomic E-state index is 13.2. The zero-order chi connectivity index (χ0) is 36.7. The van der Waals surface area contributed by atoms with Crippen molar-refractivity contribution in [1.82, 2.24) is 0 Å². The number of nitrogens with two attached hydrogens (primary N) is 1. The number of carbonyl (C=O) groups excluding carboxylic acids is 2. The fraction of sp³-hybridized carbons (Fsp3) is 0.0588. The predicted molar refractivity (Wildman–Crippen MR) is 192 cm³/mol. The number of nitrogen functional groups attached to an aromatic ring is 1. The van der Waals surface area contributed by atoms with E-state index in [-0.39, 0.29) is 39.4 Å². The molecule has 4 aromatic carbocycles. The third kappa shape index (κ3) is 6.86. The Labute approximate surface area is 291 Å². The van der Waals surface area contributed by atoms with Crippen LogP contribution in [0.3, 0.4) is 0 Å². The molecular formula is C34H27N5O10S2. The second-order valence-electron chi connectivity index (χ2n) is 11.0. The number of fused-ring (bicyclic) bond motifs is 2. The molecule has 6 rings (SSSR count). The molecular weight excluding hydrogens is 703 g/mol. The monoisotopic (exact) mass is 729 g/mol. The number of ketones is 2. The van der Waals surface area contributed by atoms with Gasteiger partial charge in [-0.1, -0.05) is 36.4 Å². The molecule has 0 saturated heterocycles. The number of hydrogen-bond acceptors (Lipinski definition) is 13. The molecule has 6 N–H and O–H groups in total. The maximum Gasteiger partial charge on any atom is 0.296 e. The minimum absolute atomic E-state index is 0.0605. The van der Waals surface area contributed by atoms with Crippen molar-refractivity contribution < 1.29 is 45.0 Å². The first-order valence-electron chi connectivity index (χ1n) is 14.7. The van der Waals surface area contributed by atoms with Crippen molar-refractivity contribution >= 4 is 71.3 Å². The Morgan fingerprint density at radius 2 is 1.22 bits per heavy atom. The Bertz CT molecular complexity index is 2510. The minimum atomic E-state index is -4.85. The minimum Gasteiger partial charge on any atom is -0.494 e. The number of nitrogens with one attached hydrogen (secondary N) is 2. The zero-order valence-electron chi connectivity index (χ0n) is 26.6. The lowest BCUT2D eigenvalue weighted by atomic mass is 9.94. The highest BCUT2D eigenvalue weighted by Gasteiger charge is 2.33. The van der Waals surface area contributed by atoms with Crippen molar-refractivity contribution in [1.29, 1.82) is 0 Å². The molecule has 0 aliphatic heterocycles. The largest absolute Gasteiger partial charge is 0.494 e. The van der Waals surface area contributed by atoms with E-state index in [2.05, 4.69) is 21.1 Å². The molecule has 0 radical (unpaired) electrons. The summed E-state index contributed by atoms with van der Waals surface area (Å²) < 4.78 is 79.1. The average Bonchev–Trinajstić information content (AvgIpc) is 3.09. The van der Waals surface area contributed by atoms with Crippen LogP contribution < -0.4 is 26.1 Å². The molecule has 0 fully saturated rings. The maximum atomic E-state index is 13.2. The van der Waals surface area contributed by atoms with Gasteiger partial charge in [0.1, 0.15) is 27.0 Å². The fourth-order valence-corrected chi connectivity index (χ4v) is 6.79. The molecule has 2 aliphatic rings. The summed E-state index contributed by atoms with van der Waals surface area (Å²) in [5, 5.41) is 8.14. The second kappa shape index (κ2) is 13.3. The van der Waals surface area contributed by atoms with Crippen LogP contribution in [0.4, 0.5) is 17.1 Å². The summed E-state index contributed by atoms with van der Waals surface area (Å²) in [6, 6.07) is 20.2. The molecule has 0 heterocycles. The van der Waals surface area contributed by atoms with Crippen LogP contribution in [-0.2, 0) is 20.2 Å². The molecule has 51 heavy (non-hydrogen) atoms. The highest BCUT2D eigenvalue weighted by Crippen LogP contribution is 2.36. The molecule has 15 nitrogen and oxygen atoms in total. The van der Waals surface area contributed by atoms with Gasteiger partial charge < -0.3 is 15.2 Å². The number of ether oxygens (including phenoxy) is 2. The van der Waals surface area contributed by atoms with E-state index in [4.69, 9.17) is 15.2 Å². The lowest BCUT2D eigenvalue weighted by Crippen LogP contribution is -2.27. The molecule has 0 aromatic heterocycles. The number of carbonyl (C=O) groups is 2. The summed E-state index contributed by atoms with van der Waals surface area (Å²) in [6.45, 7) is 0. The van der Waals surface area contributed by atoms with E-state index in [0.717, 1.165) is 12.2 Å². The quantitative estimate of drug-likeness (QED) is 0.0890. The number of nitrogens with zero attached hydrogens (tertiary/aromatic N) is 2. The van der Waals surface area contributed by atoms with Crippen molar-refractivity contribution in [3.8, 4) is 22.6 Å². The van der Waals surface area contributed by atoms with Gasteiger partial charge in [0.05, 0.1) is 25.6 Å². The Kier molecular flexibility index (Phi) is 9.05. The highest BCUT2D eigenvalue weighted by molar-refractivity contribution is 7.95. The number of allylic oxidation sites excluding steroid dienone is 2. The van der Waals surface area contributed by atoms with Crippen molar-refractivity contribution in [2.45, 2.75) is 0 Å². The second-order valence-corrected chi connectivity index (χ2v) is 13.8. The molecule has 0 atom stereocenters. The molecule has 0 unspecified atom stereocenters. The van der Waals surface area contributed by atoms with E-state index in [1.54, 1.807) is 48.5 Å². The summed E-state index contributed by atoms with van der Waals surface area (Å²) in [5.74, 6) is -0.744. The Morgan fingerprint density at radius 3 is 1.78 bits per heavy atom. The van der Waals surface area contributed by atoms with Gasteiger partial charge in [-0.3, -0.25) is 29.5 Å². The SMILES string of the molecule is COc1cc(-c2ccc(N/N=C3\C(=O)c4ccc(N)cc4C=C3S(=O)(=O)O)c(OC)c2)ccc1N/N=C1/C=C(S(=O)(=O)O)c2ccccc2C1=O. The Morgan fingerprint density at radius 1 is 0.647 bits per heavy atom. The van der Waals surface area contributed by atoms with Crippen LogP contribution in [0.5, 0.6) is 11.5 Å². The van der Waals surface area contributed by atoms with E-state index < -0.39 is 47.3 Å². The van der Waals surface area contributed by atoms with Crippen LogP contribution in [0.1, 0.15) is 31.8 Å². The van der Waals surface area contributed by atoms with E-state index in [1.807, 2.05) is 0 Å². The lowest BCUT2D eigenvalue weighted by molar-refractivity contribution is 0.105. The molecule has 260 valence electrons. The summed E-state index contributed by atoms with van der Waals surface area (Å²) in [7, 11) is -6.71. The van der Waals surface area contributed by atoms with Gasteiger partial charge in [-0.2, -0.15) is 27.0 Å². The highest BCUT2D eigenvalue weighted by atomic mass is 32.2. The summed E-state index contributed by atoms with van der Waals surface area (Å²) in [4.78, 5) is 25.1. The zero-order valence-corrected chi connectivity index (χ0v) is 28.2. The standard InChI is InChI=1S/C34H27N5O10S2/c1-48-28-14-18(7-11-25(28)36-38-27-17-30(50(42,43)44)23-5-3-4-6-24(23)33(27)40)19-8-12-26(29(15-19)49-2)37-39-32-31(51(45,46)47)16-20-13-21(35)9-10-22(20)34(32)41/h3-17,36-37H,35H2,1-2H3,(H,42,43,44)(H,45,46,47)/b38-27-,39-32-. The topological polar surface area (TPSA) is 236 Å². The molecule has 0 amide bonds. The molecule has 17 heteroatoms. The van der Waals surface area contributed by atoms with Gasteiger partial charge in [-0.25, -0.2) is 0 Å². The Hall–Kier alpha value is -6.14. The van der Waals surface area contributed by atoms with Gasteiger partial charge in [0.15, 0.2) is 5.71 Å². The van der Waals surface area contributed by atoms with E-state index in [0.29, 0.717) is 28.3 Å². The van der Waals surface area contributed by atoms with E-state index in [9.17, 15) is 35.5 Å². The van der Waals surface area contributed by atoms with Crippen LogP contribution >= 0.6 is 0 Å².